The van der Waals surface area contributed by atoms with E-state index in [-0.39, 0.29) is 17.6 Å². The molecule has 2 N–H and O–H groups in total. The standard InChI is InChI=1S/C24H30N4O4/c1-32-12-11-25-22-10-7-18(13-23(22)28(30)31)24(29)26-19-14-20-8-9-21(15-19)27(20)16-17-5-3-2-4-6-17/h2-7,10,13,19-21,25H,8-9,11-12,14-16H2,1H3,(H,26,29). The Kier molecular flexibility index (Phi) is 7.02. The number of carbonyl (C=O) groups is 1. The number of nitrogens with one attached hydrogen (secondary N) is 2. The van der Waals surface area contributed by atoms with Crippen LogP contribution < -0.4 is 10.6 Å². The lowest BCUT2D eigenvalue weighted by Gasteiger charge is -2.39. The second kappa shape index (κ2) is 10.1. The van der Waals surface area contributed by atoms with Crippen molar-refractivity contribution in [2.24, 2.45) is 0 Å². The maximum Gasteiger partial charge on any atom is 0.293 e. The number of carbonyl (C=O) groups excluding carboxylic acids is 1. The van der Waals surface area contributed by atoms with Gasteiger partial charge in [-0.25, -0.2) is 0 Å². The Balaban J connectivity index is 1.38. The molecule has 2 fully saturated rings. The molecular formula is C24H30N4O4. The summed E-state index contributed by atoms with van der Waals surface area (Å²) in [6.07, 6.45) is 4.12. The lowest BCUT2D eigenvalue weighted by molar-refractivity contribution is -0.384. The molecule has 2 aromatic rings. The number of nitrogens with zero attached hydrogens (tertiary/aromatic N) is 2. The highest BCUT2D eigenvalue weighted by Crippen LogP contribution is 2.37. The van der Waals surface area contributed by atoms with E-state index in [2.05, 4.69) is 39.8 Å². The zero-order chi connectivity index (χ0) is 22.5. The molecule has 1 amide bonds. The third-order valence-corrected chi connectivity index (χ3v) is 6.51. The van der Waals surface area contributed by atoms with E-state index in [0.29, 0.717) is 36.5 Å². The molecule has 0 spiro atoms. The summed E-state index contributed by atoms with van der Waals surface area (Å²) in [4.78, 5) is 26.5. The lowest BCUT2D eigenvalue weighted by atomic mass is 9.96. The molecule has 2 aromatic carbocycles. The number of hydrogen-bond donors (Lipinski definition) is 2. The van der Waals surface area contributed by atoms with Crippen molar-refractivity contribution in [3.05, 3.63) is 69.8 Å². The summed E-state index contributed by atoms with van der Waals surface area (Å²) >= 11 is 0. The van der Waals surface area contributed by atoms with Crippen molar-refractivity contribution in [2.45, 2.75) is 50.4 Å². The van der Waals surface area contributed by atoms with Gasteiger partial charge in [0.2, 0.25) is 0 Å². The highest BCUT2D eigenvalue weighted by Gasteiger charge is 2.41. The number of piperidine rings is 1. The second-order valence-corrected chi connectivity index (χ2v) is 8.59. The van der Waals surface area contributed by atoms with Crippen molar-refractivity contribution < 1.29 is 14.5 Å². The van der Waals surface area contributed by atoms with Crippen LogP contribution in [-0.4, -0.2) is 54.1 Å². The van der Waals surface area contributed by atoms with Gasteiger partial charge in [0, 0.05) is 50.0 Å². The lowest BCUT2D eigenvalue weighted by Crippen LogP contribution is -2.50. The van der Waals surface area contributed by atoms with Gasteiger partial charge in [-0.15, -0.1) is 0 Å². The van der Waals surface area contributed by atoms with Gasteiger partial charge in [-0.2, -0.15) is 0 Å². The number of ether oxygens (including phenoxy) is 1. The first-order valence-corrected chi connectivity index (χ1v) is 11.2. The normalized spacial score (nSPS) is 22.5. The molecule has 4 rings (SSSR count). The Morgan fingerprint density at radius 2 is 1.88 bits per heavy atom. The molecule has 8 heteroatoms. The number of nitro benzene ring substituents is 1. The van der Waals surface area contributed by atoms with Gasteiger partial charge >= 0.3 is 0 Å². The van der Waals surface area contributed by atoms with Crippen molar-refractivity contribution in [3.8, 4) is 0 Å². The fraction of sp³-hybridized carbons (Fsp3) is 0.458. The maximum atomic E-state index is 12.9. The topological polar surface area (TPSA) is 96.7 Å². The average Bonchev–Trinajstić information content (AvgIpc) is 3.02. The molecule has 2 heterocycles. The minimum Gasteiger partial charge on any atom is -0.383 e. The Morgan fingerprint density at radius 3 is 2.53 bits per heavy atom. The molecular weight excluding hydrogens is 408 g/mol. The van der Waals surface area contributed by atoms with Crippen molar-refractivity contribution >= 4 is 17.3 Å². The van der Waals surface area contributed by atoms with Crippen LogP contribution in [0.3, 0.4) is 0 Å². The number of rotatable bonds is 9. The van der Waals surface area contributed by atoms with Crippen molar-refractivity contribution in [1.29, 1.82) is 0 Å². The number of fused-ring (bicyclic) bond motifs is 2. The largest absolute Gasteiger partial charge is 0.383 e. The number of amides is 1. The first-order valence-electron chi connectivity index (χ1n) is 11.2. The summed E-state index contributed by atoms with van der Waals surface area (Å²) in [6, 6.07) is 16.1. The minimum atomic E-state index is -0.464. The van der Waals surface area contributed by atoms with Gasteiger partial charge < -0.3 is 15.4 Å². The molecule has 0 saturated carbocycles. The van der Waals surface area contributed by atoms with Gasteiger partial charge in [-0.05, 0) is 43.4 Å². The summed E-state index contributed by atoms with van der Waals surface area (Å²) in [5, 5.41) is 17.6. The molecule has 0 aliphatic carbocycles. The Morgan fingerprint density at radius 1 is 1.16 bits per heavy atom. The summed E-state index contributed by atoms with van der Waals surface area (Å²) in [6.45, 7) is 1.83. The van der Waals surface area contributed by atoms with Crippen LogP contribution in [0.4, 0.5) is 11.4 Å². The predicted molar refractivity (Wildman–Crippen MR) is 123 cm³/mol. The molecule has 2 unspecified atom stereocenters. The van der Waals surface area contributed by atoms with Gasteiger partial charge in [0.15, 0.2) is 0 Å². The second-order valence-electron chi connectivity index (χ2n) is 8.59. The smallest absolute Gasteiger partial charge is 0.293 e. The highest BCUT2D eigenvalue weighted by molar-refractivity contribution is 5.96. The van der Waals surface area contributed by atoms with Gasteiger partial charge in [0.1, 0.15) is 5.69 Å². The molecule has 2 saturated heterocycles. The van der Waals surface area contributed by atoms with Crippen LogP contribution >= 0.6 is 0 Å². The fourth-order valence-electron chi connectivity index (χ4n) is 4.97. The number of methoxy groups -OCH3 is 1. The number of anilines is 1. The zero-order valence-electron chi connectivity index (χ0n) is 18.3. The number of hydrogen-bond acceptors (Lipinski definition) is 6. The molecule has 2 aliphatic heterocycles. The van der Waals surface area contributed by atoms with Crippen LogP contribution in [-0.2, 0) is 11.3 Å². The quantitative estimate of drug-likeness (QED) is 0.353. The van der Waals surface area contributed by atoms with Crippen molar-refractivity contribution in [1.82, 2.24) is 10.2 Å². The van der Waals surface area contributed by atoms with E-state index in [0.717, 1.165) is 32.2 Å². The monoisotopic (exact) mass is 438 g/mol. The predicted octanol–water partition coefficient (Wildman–Crippen LogP) is 3.58. The van der Waals surface area contributed by atoms with Gasteiger partial charge in [0.25, 0.3) is 11.6 Å². The third kappa shape index (κ3) is 5.08. The molecule has 2 bridgehead atoms. The molecule has 170 valence electrons. The van der Waals surface area contributed by atoms with E-state index in [1.54, 1.807) is 19.2 Å². The SMILES string of the molecule is COCCNc1ccc(C(=O)NC2CC3CCC(C2)N3Cc2ccccc2)cc1[N+](=O)[O-]. The number of benzene rings is 2. The van der Waals surface area contributed by atoms with Crippen molar-refractivity contribution in [2.75, 3.05) is 25.6 Å². The minimum absolute atomic E-state index is 0.0885. The third-order valence-electron chi connectivity index (χ3n) is 6.51. The van der Waals surface area contributed by atoms with Crippen molar-refractivity contribution in [3.63, 3.8) is 0 Å². The van der Waals surface area contributed by atoms with E-state index < -0.39 is 4.92 Å². The molecule has 32 heavy (non-hydrogen) atoms. The van der Waals surface area contributed by atoms with Crippen LogP contribution in [0.15, 0.2) is 48.5 Å². The molecule has 8 nitrogen and oxygen atoms in total. The molecule has 0 radical (unpaired) electrons. The molecule has 2 aliphatic rings. The summed E-state index contributed by atoms with van der Waals surface area (Å²) < 4.78 is 4.97. The van der Waals surface area contributed by atoms with Crippen LogP contribution in [0.25, 0.3) is 0 Å². The van der Waals surface area contributed by atoms with Crippen LogP contribution in [0.1, 0.15) is 41.6 Å². The van der Waals surface area contributed by atoms with Crippen LogP contribution in [0.5, 0.6) is 0 Å². The molecule has 2 atom stereocenters. The Hall–Kier alpha value is -2.97. The first kappa shape index (κ1) is 22.2. The van der Waals surface area contributed by atoms with Crippen LogP contribution in [0.2, 0.25) is 0 Å². The summed E-state index contributed by atoms with van der Waals surface area (Å²) in [5.41, 5.74) is 1.91. The average molecular weight is 439 g/mol. The van der Waals surface area contributed by atoms with Gasteiger partial charge in [-0.1, -0.05) is 30.3 Å². The van der Waals surface area contributed by atoms with Gasteiger partial charge in [0.05, 0.1) is 11.5 Å². The Bertz CT molecular complexity index is 938. The zero-order valence-corrected chi connectivity index (χ0v) is 18.3. The van der Waals surface area contributed by atoms with E-state index in [1.165, 1.54) is 11.6 Å². The van der Waals surface area contributed by atoms with Gasteiger partial charge in [-0.3, -0.25) is 19.8 Å². The van der Waals surface area contributed by atoms with E-state index in [9.17, 15) is 14.9 Å². The van der Waals surface area contributed by atoms with E-state index in [1.807, 2.05) is 6.07 Å². The summed E-state index contributed by atoms with van der Waals surface area (Å²) in [5.74, 6) is -0.252. The highest BCUT2D eigenvalue weighted by atomic mass is 16.6. The molecule has 0 aromatic heterocycles. The van der Waals surface area contributed by atoms with E-state index >= 15 is 0 Å². The fourth-order valence-corrected chi connectivity index (χ4v) is 4.97. The first-order chi connectivity index (χ1) is 15.5. The maximum absolute atomic E-state index is 12.9. The number of nitro groups is 1. The van der Waals surface area contributed by atoms with Crippen LogP contribution in [0, 0.1) is 10.1 Å². The van der Waals surface area contributed by atoms with E-state index in [4.69, 9.17) is 4.74 Å². The Labute approximate surface area is 188 Å². The summed E-state index contributed by atoms with van der Waals surface area (Å²) in [7, 11) is 1.57.